The molecular formula is C8H12ClN3O2. The Kier molecular flexibility index (Phi) is 4.99. The number of aromatic nitrogens is 2. The maximum Gasteiger partial charge on any atom is 0.220 e. The number of unbranched alkanes of at least 4 members (excludes halogenated alkanes) is 1. The Morgan fingerprint density at radius 2 is 2.43 bits per heavy atom. The van der Waals surface area contributed by atoms with Crippen LogP contribution in [-0.4, -0.2) is 21.9 Å². The minimum absolute atomic E-state index is 0.0140. The molecule has 0 radical (unpaired) electrons. The molecule has 0 aliphatic carbocycles. The first kappa shape index (κ1) is 11.0. The predicted octanol–water partition coefficient (Wildman–Crippen LogP) is 1.09. The second-order valence-corrected chi connectivity index (χ2v) is 3.15. The van der Waals surface area contributed by atoms with Crippen molar-refractivity contribution in [3.63, 3.8) is 0 Å². The third-order valence-electron chi connectivity index (χ3n) is 1.64. The first-order valence-corrected chi connectivity index (χ1v) is 4.94. The fraction of sp³-hybridized carbons (Fsp3) is 0.625. The lowest BCUT2D eigenvalue weighted by atomic mass is 10.2. The monoisotopic (exact) mass is 217 g/mol. The van der Waals surface area contributed by atoms with Crippen LogP contribution in [0.15, 0.2) is 10.9 Å². The number of carbonyl (C=O) groups excluding carboxylic acids is 1. The van der Waals surface area contributed by atoms with Crippen LogP contribution in [0.4, 0.5) is 0 Å². The molecule has 0 atom stereocenters. The van der Waals surface area contributed by atoms with Crippen LogP contribution in [0.25, 0.3) is 0 Å². The van der Waals surface area contributed by atoms with Crippen LogP contribution >= 0.6 is 11.6 Å². The SMILES string of the molecule is O=C(CCCCCl)NCc1ncon1. The first-order chi connectivity index (χ1) is 6.83. The average molecular weight is 218 g/mol. The van der Waals surface area contributed by atoms with Gasteiger partial charge < -0.3 is 9.84 Å². The molecular weight excluding hydrogens is 206 g/mol. The number of halogens is 1. The Labute approximate surface area is 86.8 Å². The number of hydrogen-bond donors (Lipinski definition) is 1. The summed E-state index contributed by atoms with van der Waals surface area (Å²) < 4.78 is 4.52. The zero-order chi connectivity index (χ0) is 10.2. The van der Waals surface area contributed by atoms with Gasteiger partial charge in [-0.25, -0.2) is 0 Å². The topological polar surface area (TPSA) is 68.0 Å². The standard InChI is InChI=1S/C8H12ClN3O2/c9-4-2-1-3-8(13)10-5-7-11-6-14-12-7/h6H,1-5H2,(H,10,13). The summed E-state index contributed by atoms with van der Waals surface area (Å²) in [6.07, 6.45) is 3.39. The van der Waals surface area contributed by atoms with Crippen molar-refractivity contribution in [1.82, 2.24) is 15.5 Å². The number of rotatable bonds is 6. The molecule has 1 heterocycles. The zero-order valence-corrected chi connectivity index (χ0v) is 8.46. The van der Waals surface area contributed by atoms with Gasteiger partial charge in [-0.05, 0) is 12.8 Å². The summed E-state index contributed by atoms with van der Waals surface area (Å²) in [5.41, 5.74) is 0. The predicted molar refractivity (Wildman–Crippen MR) is 50.7 cm³/mol. The quantitative estimate of drug-likeness (QED) is 0.572. The van der Waals surface area contributed by atoms with Gasteiger partial charge in [0.05, 0.1) is 6.54 Å². The van der Waals surface area contributed by atoms with Gasteiger partial charge in [-0.15, -0.1) is 11.6 Å². The van der Waals surface area contributed by atoms with Crippen molar-refractivity contribution in [2.75, 3.05) is 5.88 Å². The van der Waals surface area contributed by atoms with E-state index in [1.54, 1.807) is 0 Å². The van der Waals surface area contributed by atoms with Gasteiger partial charge in [0.2, 0.25) is 12.3 Å². The maximum absolute atomic E-state index is 11.2. The third-order valence-corrected chi connectivity index (χ3v) is 1.91. The van der Waals surface area contributed by atoms with Gasteiger partial charge in [0.25, 0.3) is 0 Å². The largest absolute Gasteiger partial charge is 0.349 e. The van der Waals surface area contributed by atoms with Crippen LogP contribution in [0.1, 0.15) is 25.1 Å². The lowest BCUT2D eigenvalue weighted by molar-refractivity contribution is -0.121. The van der Waals surface area contributed by atoms with Crippen LogP contribution in [0, 0.1) is 0 Å². The van der Waals surface area contributed by atoms with E-state index in [1.807, 2.05) is 0 Å². The molecule has 0 aliphatic rings. The molecule has 0 saturated heterocycles. The zero-order valence-electron chi connectivity index (χ0n) is 7.70. The van der Waals surface area contributed by atoms with Crippen molar-refractivity contribution >= 4 is 17.5 Å². The van der Waals surface area contributed by atoms with Gasteiger partial charge >= 0.3 is 0 Å². The van der Waals surface area contributed by atoms with Crippen molar-refractivity contribution in [2.24, 2.45) is 0 Å². The van der Waals surface area contributed by atoms with Gasteiger partial charge in [0, 0.05) is 12.3 Å². The summed E-state index contributed by atoms with van der Waals surface area (Å²) in [5, 5.41) is 6.24. The number of carbonyl (C=O) groups is 1. The lowest BCUT2D eigenvalue weighted by Crippen LogP contribution is -2.22. The van der Waals surface area contributed by atoms with Crippen molar-refractivity contribution in [1.29, 1.82) is 0 Å². The summed E-state index contributed by atoms with van der Waals surface area (Å²) in [7, 11) is 0. The smallest absolute Gasteiger partial charge is 0.220 e. The summed E-state index contributed by atoms with van der Waals surface area (Å²) in [6, 6.07) is 0. The fourth-order valence-electron chi connectivity index (χ4n) is 0.916. The van der Waals surface area contributed by atoms with Gasteiger partial charge in [-0.1, -0.05) is 5.16 Å². The summed E-state index contributed by atoms with van der Waals surface area (Å²) in [6.45, 7) is 0.316. The van der Waals surface area contributed by atoms with Gasteiger partial charge in [-0.2, -0.15) is 4.98 Å². The highest BCUT2D eigenvalue weighted by molar-refractivity contribution is 6.17. The van der Waals surface area contributed by atoms with Crippen LogP contribution in [0.2, 0.25) is 0 Å². The molecule has 0 unspecified atom stereocenters. The van der Waals surface area contributed by atoms with E-state index in [1.165, 1.54) is 6.39 Å². The number of alkyl halides is 1. The summed E-state index contributed by atoms with van der Waals surface area (Å²) >= 11 is 5.48. The molecule has 0 saturated carbocycles. The fourth-order valence-corrected chi connectivity index (χ4v) is 1.11. The summed E-state index contributed by atoms with van der Waals surface area (Å²) in [4.78, 5) is 14.9. The van der Waals surface area contributed by atoms with E-state index in [-0.39, 0.29) is 5.91 Å². The molecule has 14 heavy (non-hydrogen) atoms. The number of nitrogens with zero attached hydrogens (tertiary/aromatic N) is 2. The molecule has 0 fully saturated rings. The van der Waals surface area contributed by atoms with Crippen LogP contribution in [0.5, 0.6) is 0 Å². The number of amides is 1. The van der Waals surface area contributed by atoms with Gasteiger partial charge in [0.15, 0.2) is 5.82 Å². The first-order valence-electron chi connectivity index (χ1n) is 4.41. The molecule has 1 amide bonds. The second kappa shape index (κ2) is 6.37. The van der Waals surface area contributed by atoms with Crippen molar-refractivity contribution in [3.05, 3.63) is 12.2 Å². The summed E-state index contributed by atoms with van der Waals surface area (Å²) in [5.74, 6) is 1.06. The minimum atomic E-state index is -0.0140. The molecule has 78 valence electrons. The Morgan fingerprint density at radius 1 is 1.57 bits per heavy atom. The minimum Gasteiger partial charge on any atom is -0.349 e. The van der Waals surface area contributed by atoms with E-state index in [9.17, 15) is 4.79 Å². The van der Waals surface area contributed by atoms with Crippen LogP contribution < -0.4 is 5.32 Å². The molecule has 1 aromatic rings. The van der Waals surface area contributed by atoms with E-state index in [0.29, 0.717) is 24.7 Å². The number of hydrogen-bond acceptors (Lipinski definition) is 4. The Bertz CT molecular complexity index is 264. The van der Waals surface area contributed by atoms with Crippen molar-refractivity contribution in [2.45, 2.75) is 25.8 Å². The number of nitrogens with one attached hydrogen (secondary N) is 1. The second-order valence-electron chi connectivity index (χ2n) is 2.77. The Morgan fingerprint density at radius 3 is 3.07 bits per heavy atom. The highest BCUT2D eigenvalue weighted by Gasteiger charge is 2.02. The van der Waals surface area contributed by atoms with E-state index >= 15 is 0 Å². The van der Waals surface area contributed by atoms with Crippen molar-refractivity contribution < 1.29 is 9.32 Å². The third kappa shape index (κ3) is 4.23. The molecule has 1 N–H and O–H groups in total. The van der Waals surface area contributed by atoms with E-state index in [2.05, 4.69) is 20.0 Å². The van der Waals surface area contributed by atoms with Gasteiger partial charge in [0.1, 0.15) is 0 Å². The molecule has 5 nitrogen and oxygen atoms in total. The van der Waals surface area contributed by atoms with E-state index in [0.717, 1.165) is 12.8 Å². The highest BCUT2D eigenvalue weighted by Crippen LogP contribution is 1.97. The molecule has 6 heteroatoms. The van der Waals surface area contributed by atoms with Gasteiger partial charge in [-0.3, -0.25) is 4.79 Å². The van der Waals surface area contributed by atoms with Crippen LogP contribution in [-0.2, 0) is 11.3 Å². The molecule has 1 rings (SSSR count). The van der Waals surface area contributed by atoms with E-state index in [4.69, 9.17) is 11.6 Å². The molecule has 0 aliphatic heterocycles. The molecule has 1 aromatic heterocycles. The Balaban J connectivity index is 2.09. The van der Waals surface area contributed by atoms with Crippen LogP contribution in [0.3, 0.4) is 0 Å². The maximum atomic E-state index is 11.2. The molecule has 0 aromatic carbocycles. The lowest BCUT2D eigenvalue weighted by Gasteiger charge is -2.00. The normalized spacial score (nSPS) is 10.1. The van der Waals surface area contributed by atoms with E-state index < -0.39 is 0 Å². The van der Waals surface area contributed by atoms with Crippen molar-refractivity contribution in [3.8, 4) is 0 Å². The molecule has 0 bridgehead atoms. The Hall–Kier alpha value is -1.10. The molecule has 0 spiro atoms. The average Bonchev–Trinajstić information content (AvgIpc) is 2.68. The highest BCUT2D eigenvalue weighted by atomic mass is 35.5.